The molecular weight excluding hydrogens is 336 g/mol. The lowest BCUT2D eigenvalue weighted by Crippen LogP contribution is -2.43. The van der Waals surface area contributed by atoms with E-state index in [4.69, 9.17) is 0 Å². The average molecular weight is 367 g/mol. The standard InChI is InChI=1S/C22H30N4O/c1-17-4-5-18(2)21(14-17)24-22(27)23-15-19-6-8-20(9-7-19)16-26-12-10-25(3)11-13-26/h4-9,14H,10-13,15-16H2,1-3H3,(H2,23,24,27). The number of urea groups is 1. The molecule has 0 radical (unpaired) electrons. The molecule has 1 fully saturated rings. The molecule has 0 aliphatic carbocycles. The summed E-state index contributed by atoms with van der Waals surface area (Å²) in [5.74, 6) is 0. The summed E-state index contributed by atoms with van der Waals surface area (Å²) in [6.45, 7) is 10.0. The van der Waals surface area contributed by atoms with E-state index in [0.29, 0.717) is 6.54 Å². The van der Waals surface area contributed by atoms with E-state index >= 15 is 0 Å². The van der Waals surface area contributed by atoms with Gasteiger partial charge in [-0.1, -0.05) is 36.4 Å². The van der Waals surface area contributed by atoms with E-state index in [0.717, 1.165) is 55.1 Å². The molecule has 2 aromatic carbocycles. The second-order valence-electron chi connectivity index (χ2n) is 7.52. The zero-order chi connectivity index (χ0) is 19.2. The first-order chi connectivity index (χ1) is 13.0. The number of rotatable bonds is 5. The van der Waals surface area contributed by atoms with Crippen LogP contribution in [0.3, 0.4) is 0 Å². The maximum absolute atomic E-state index is 12.2. The van der Waals surface area contributed by atoms with Crippen LogP contribution in [0.5, 0.6) is 0 Å². The molecule has 0 saturated carbocycles. The molecule has 0 bridgehead atoms. The van der Waals surface area contributed by atoms with Crippen molar-refractivity contribution in [2.24, 2.45) is 0 Å². The maximum Gasteiger partial charge on any atom is 0.319 e. The third-order valence-electron chi connectivity index (χ3n) is 5.12. The van der Waals surface area contributed by atoms with Crippen LogP contribution < -0.4 is 10.6 Å². The summed E-state index contributed by atoms with van der Waals surface area (Å²) >= 11 is 0. The Balaban J connectivity index is 1.47. The van der Waals surface area contributed by atoms with Gasteiger partial charge < -0.3 is 15.5 Å². The van der Waals surface area contributed by atoms with E-state index in [2.05, 4.69) is 51.7 Å². The Bertz CT molecular complexity index is 764. The van der Waals surface area contributed by atoms with Crippen LogP contribution >= 0.6 is 0 Å². The van der Waals surface area contributed by atoms with Crippen LogP contribution in [0, 0.1) is 13.8 Å². The molecule has 5 heteroatoms. The quantitative estimate of drug-likeness (QED) is 0.853. The Hall–Kier alpha value is -2.37. The molecule has 3 rings (SSSR count). The fourth-order valence-corrected chi connectivity index (χ4v) is 3.25. The van der Waals surface area contributed by atoms with Crippen molar-refractivity contribution in [1.29, 1.82) is 0 Å². The predicted molar refractivity (Wildman–Crippen MR) is 111 cm³/mol. The highest BCUT2D eigenvalue weighted by molar-refractivity contribution is 5.90. The van der Waals surface area contributed by atoms with Crippen molar-refractivity contribution in [1.82, 2.24) is 15.1 Å². The van der Waals surface area contributed by atoms with Crippen LogP contribution in [0.15, 0.2) is 42.5 Å². The average Bonchev–Trinajstić information content (AvgIpc) is 2.66. The highest BCUT2D eigenvalue weighted by Crippen LogP contribution is 2.16. The van der Waals surface area contributed by atoms with Gasteiger partial charge in [0.15, 0.2) is 0 Å². The minimum atomic E-state index is -0.176. The van der Waals surface area contributed by atoms with Gasteiger partial charge >= 0.3 is 6.03 Å². The van der Waals surface area contributed by atoms with Crippen LogP contribution in [0.25, 0.3) is 0 Å². The molecule has 1 aliphatic rings. The molecule has 144 valence electrons. The second kappa shape index (κ2) is 9.02. The molecule has 0 spiro atoms. The smallest absolute Gasteiger partial charge is 0.319 e. The Labute approximate surface area is 162 Å². The SMILES string of the molecule is Cc1ccc(C)c(NC(=O)NCc2ccc(CN3CCN(C)CC3)cc2)c1. The van der Waals surface area contributed by atoms with Crippen molar-refractivity contribution >= 4 is 11.7 Å². The lowest BCUT2D eigenvalue weighted by molar-refractivity contribution is 0.148. The van der Waals surface area contributed by atoms with Gasteiger partial charge in [0.2, 0.25) is 0 Å². The van der Waals surface area contributed by atoms with Crippen molar-refractivity contribution in [2.45, 2.75) is 26.9 Å². The monoisotopic (exact) mass is 366 g/mol. The van der Waals surface area contributed by atoms with Crippen molar-refractivity contribution in [2.75, 3.05) is 38.5 Å². The van der Waals surface area contributed by atoms with Crippen molar-refractivity contribution < 1.29 is 4.79 Å². The van der Waals surface area contributed by atoms with Gasteiger partial charge in [-0.15, -0.1) is 0 Å². The highest BCUT2D eigenvalue weighted by Gasteiger charge is 2.13. The fourth-order valence-electron chi connectivity index (χ4n) is 3.25. The van der Waals surface area contributed by atoms with Gasteiger partial charge in [-0.3, -0.25) is 4.90 Å². The van der Waals surface area contributed by atoms with E-state index in [9.17, 15) is 4.79 Å². The van der Waals surface area contributed by atoms with Gasteiger partial charge in [-0.05, 0) is 49.2 Å². The third kappa shape index (κ3) is 5.81. The first-order valence-electron chi connectivity index (χ1n) is 9.60. The lowest BCUT2D eigenvalue weighted by Gasteiger charge is -2.32. The molecule has 1 aliphatic heterocycles. The molecule has 2 N–H and O–H groups in total. The Morgan fingerprint density at radius 3 is 2.33 bits per heavy atom. The van der Waals surface area contributed by atoms with Crippen LogP contribution in [0.4, 0.5) is 10.5 Å². The number of amides is 2. The van der Waals surface area contributed by atoms with Crippen molar-refractivity contribution in [3.8, 4) is 0 Å². The molecular formula is C22H30N4O. The fraction of sp³-hybridized carbons (Fsp3) is 0.409. The summed E-state index contributed by atoms with van der Waals surface area (Å²) < 4.78 is 0. The summed E-state index contributed by atoms with van der Waals surface area (Å²) in [5.41, 5.74) is 5.47. The summed E-state index contributed by atoms with van der Waals surface area (Å²) in [6, 6.07) is 14.4. The molecule has 0 unspecified atom stereocenters. The van der Waals surface area contributed by atoms with Gasteiger partial charge in [0, 0.05) is 45.0 Å². The minimum Gasteiger partial charge on any atom is -0.334 e. The number of carbonyl (C=O) groups excluding carboxylic acids is 1. The van der Waals surface area contributed by atoms with Crippen molar-refractivity contribution in [3.63, 3.8) is 0 Å². The lowest BCUT2D eigenvalue weighted by atomic mass is 10.1. The number of aryl methyl sites for hydroxylation is 2. The second-order valence-corrected chi connectivity index (χ2v) is 7.52. The number of nitrogens with one attached hydrogen (secondary N) is 2. The number of anilines is 1. The topological polar surface area (TPSA) is 47.6 Å². The van der Waals surface area contributed by atoms with E-state index < -0.39 is 0 Å². The molecule has 0 aromatic heterocycles. The number of benzene rings is 2. The minimum absolute atomic E-state index is 0.176. The zero-order valence-corrected chi connectivity index (χ0v) is 16.6. The van der Waals surface area contributed by atoms with E-state index in [1.807, 2.05) is 32.0 Å². The van der Waals surface area contributed by atoms with Gasteiger partial charge in [0.1, 0.15) is 0 Å². The number of hydrogen-bond donors (Lipinski definition) is 2. The largest absolute Gasteiger partial charge is 0.334 e. The molecule has 1 saturated heterocycles. The Kier molecular flexibility index (Phi) is 6.48. The van der Waals surface area contributed by atoms with E-state index in [-0.39, 0.29) is 6.03 Å². The summed E-state index contributed by atoms with van der Waals surface area (Å²) in [5, 5.41) is 5.86. The molecule has 27 heavy (non-hydrogen) atoms. The van der Waals surface area contributed by atoms with Crippen LogP contribution in [-0.2, 0) is 13.1 Å². The first-order valence-corrected chi connectivity index (χ1v) is 9.60. The summed E-state index contributed by atoms with van der Waals surface area (Å²) in [4.78, 5) is 17.0. The van der Waals surface area contributed by atoms with E-state index in [1.54, 1.807) is 0 Å². The molecule has 2 amide bonds. The molecule has 1 heterocycles. The van der Waals surface area contributed by atoms with Crippen LogP contribution in [0.2, 0.25) is 0 Å². The normalized spacial score (nSPS) is 15.5. The molecule has 0 atom stereocenters. The van der Waals surface area contributed by atoms with Crippen LogP contribution in [0.1, 0.15) is 22.3 Å². The van der Waals surface area contributed by atoms with E-state index in [1.165, 1.54) is 5.56 Å². The predicted octanol–water partition coefficient (Wildman–Crippen LogP) is 3.37. The molecule has 5 nitrogen and oxygen atoms in total. The van der Waals surface area contributed by atoms with Gasteiger partial charge in [-0.25, -0.2) is 4.79 Å². The summed E-state index contributed by atoms with van der Waals surface area (Å²) in [7, 11) is 2.18. The molecule has 2 aromatic rings. The Morgan fingerprint density at radius 1 is 0.963 bits per heavy atom. The maximum atomic E-state index is 12.2. The van der Waals surface area contributed by atoms with Gasteiger partial charge in [-0.2, -0.15) is 0 Å². The number of carbonyl (C=O) groups is 1. The number of nitrogens with zero attached hydrogens (tertiary/aromatic N) is 2. The number of piperazine rings is 1. The van der Waals surface area contributed by atoms with Gasteiger partial charge in [0.05, 0.1) is 0 Å². The zero-order valence-electron chi connectivity index (χ0n) is 16.6. The Morgan fingerprint density at radius 2 is 1.63 bits per heavy atom. The third-order valence-corrected chi connectivity index (χ3v) is 5.12. The van der Waals surface area contributed by atoms with Crippen LogP contribution in [-0.4, -0.2) is 49.1 Å². The van der Waals surface area contributed by atoms with Crippen molar-refractivity contribution in [3.05, 3.63) is 64.7 Å². The summed E-state index contributed by atoms with van der Waals surface area (Å²) in [6.07, 6.45) is 0. The number of hydrogen-bond acceptors (Lipinski definition) is 3. The number of likely N-dealkylation sites (N-methyl/N-ethyl adjacent to an activating group) is 1. The first kappa shape index (κ1) is 19.4. The van der Waals surface area contributed by atoms with Gasteiger partial charge in [0.25, 0.3) is 0 Å². The highest BCUT2D eigenvalue weighted by atomic mass is 16.2.